The Labute approximate surface area is 134 Å². The van der Waals surface area contributed by atoms with Gasteiger partial charge in [0.25, 0.3) is 5.91 Å². The van der Waals surface area contributed by atoms with Crippen molar-refractivity contribution in [1.82, 2.24) is 0 Å². The molecular formula is C18H20BrNO. The SMILES string of the molecule is CC(C)(C)c1ccc(C(=O)Nc2ccccc2CBr)cc1. The second-order valence-corrected chi connectivity index (χ2v) is 6.63. The topological polar surface area (TPSA) is 29.1 Å². The third-order valence-corrected chi connectivity index (χ3v) is 4.03. The maximum absolute atomic E-state index is 12.3. The normalized spacial score (nSPS) is 11.2. The summed E-state index contributed by atoms with van der Waals surface area (Å²) in [6.45, 7) is 6.48. The van der Waals surface area contributed by atoms with Crippen LogP contribution in [0.15, 0.2) is 48.5 Å². The van der Waals surface area contributed by atoms with Crippen molar-refractivity contribution in [3.8, 4) is 0 Å². The molecule has 2 rings (SSSR count). The molecule has 21 heavy (non-hydrogen) atoms. The lowest BCUT2D eigenvalue weighted by atomic mass is 9.87. The van der Waals surface area contributed by atoms with E-state index >= 15 is 0 Å². The van der Waals surface area contributed by atoms with Gasteiger partial charge in [0.15, 0.2) is 0 Å². The molecule has 2 aromatic carbocycles. The molecule has 0 spiro atoms. The Morgan fingerprint density at radius 2 is 1.67 bits per heavy atom. The second kappa shape index (κ2) is 6.44. The van der Waals surface area contributed by atoms with E-state index in [0.29, 0.717) is 10.9 Å². The Morgan fingerprint density at radius 1 is 1.05 bits per heavy atom. The van der Waals surface area contributed by atoms with Gasteiger partial charge in [0.2, 0.25) is 0 Å². The van der Waals surface area contributed by atoms with Crippen molar-refractivity contribution in [2.75, 3.05) is 5.32 Å². The average Bonchev–Trinajstić information content (AvgIpc) is 2.47. The number of rotatable bonds is 3. The Kier molecular flexibility index (Phi) is 4.84. The molecule has 0 atom stereocenters. The van der Waals surface area contributed by atoms with Crippen LogP contribution in [0.5, 0.6) is 0 Å². The summed E-state index contributed by atoms with van der Waals surface area (Å²) in [5.74, 6) is -0.0798. The fourth-order valence-corrected chi connectivity index (χ4v) is 2.56. The number of alkyl halides is 1. The van der Waals surface area contributed by atoms with Gasteiger partial charge in [-0.25, -0.2) is 0 Å². The number of amides is 1. The molecule has 0 heterocycles. The first-order chi connectivity index (χ1) is 9.91. The summed E-state index contributed by atoms with van der Waals surface area (Å²) in [6.07, 6.45) is 0. The number of anilines is 1. The van der Waals surface area contributed by atoms with E-state index in [1.807, 2.05) is 48.5 Å². The van der Waals surface area contributed by atoms with Gasteiger partial charge in [-0.1, -0.05) is 67.0 Å². The smallest absolute Gasteiger partial charge is 0.255 e. The van der Waals surface area contributed by atoms with Gasteiger partial charge in [-0.3, -0.25) is 4.79 Å². The number of carbonyl (C=O) groups is 1. The highest BCUT2D eigenvalue weighted by molar-refractivity contribution is 9.08. The summed E-state index contributed by atoms with van der Waals surface area (Å²) >= 11 is 3.43. The van der Waals surface area contributed by atoms with Crippen LogP contribution in [0.4, 0.5) is 5.69 Å². The van der Waals surface area contributed by atoms with Gasteiger partial charge in [0.05, 0.1) is 0 Å². The summed E-state index contributed by atoms with van der Waals surface area (Å²) < 4.78 is 0. The molecule has 1 N–H and O–H groups in total. The van der Waals surface area contributed by atoms with Crippen LogP contribution in [0.2, 0.25) is 0 Å². The van der Waals surface area contributed by atoms with Crippen molar-refractivity contribution in [1.29, 1.82) is 0 Å². The molecule has 0 radical (unpaired) electrons. The lowest BCUT2D eigenvalue weighted by Gasteiger charge is -2.19. The van der Waals surface area contributed by atoms with E-state index in [0.717, 1.165) is 11.3 Å². The molecule has 1 amide bonds. The van der Waals surface area contributed by atoms with Gasteiger partial charge in [0.1, 0.15) is 0 Å². The van der Waals surface area contributed by atoms with Crippen LogP contribution in [0.3, 0.4) is 0 Å². The first kappa shape index (κ1) is 15.8. The number of halogens is 1. The van der Waals surface area contributed by atoms with E-state index < -0.39 is 0 Å². The van der Waals surface area contributed by atoms with Crippen LogP contribution in [0.25, 0.3) is 0 Å². The number of benzene rings is 2. The molecule has 0 aliphatic rings. The second-order valence-electron chi connectivity index (χ2n) is 6.07. The predicted octanol–water partition coefficient (Wildman–Crippen LogP) is 5.13. The third-order valence-electron chi connectivity index (χ3n) is 3.42. The van der Waals surface area contributed by atoms with E-state index in [-0.39, 0.29) is 11.3 Å². The van der Waals surface area contributed by atoms with Gasteiger partial charge >= 0.3 is 0 Å². The van der Waals surface area contributed by atoms with Crippen molar-refractivity contribution < 1.29 is 4.79 Å². The maximum atomic E-state index is 12.3. The zero-order chi connectivity index (χ0) is 15.5. The number of hydrogen-bond donors (Lipinski definition) is 1. The number of nitrogens with one attached hydrogen (secondary N) is 1. The van der Waals surface area contributed by atoms with E-state index in [1.165, 1.54) is 5.56 Å². The highest BCUT2D eigenvalue weighted by Gasteiger charge is 2.14. The molecule has 2 nitrogen and oxygen atoms in total. The van der Waals surface area contributed by atoms with E-state index in [1.54, 1.807) is 0 Å². The Balaban J connectivity index is 2.17. The van der Waals surface area contributed by atoms with Crippen molar-refractivity contribution in [3.63, 3.8) is 0 Å². The summed E-state index contributed by atoms with van der Waals surface area (Å²) in [7, 11) is 0. The molecule has 110 valence electrons. The van der Waals surface area contributed by atoms with Gasteiger partial charge in [-0.2, -0.15) is 0 Å². The number of hydrogen-bond acceptors (Lipinski definition) is 1. The first-order valence-corrected chi connectivity index (χ1v) is 8.10. The molecule has 0 bridgehead atoms. The van der Waals surface area contributed by atoms with Crippen molar-refractivity contribution in [3.05, 3.63) is 65.2 Å². The molecule has 0 aliphatic carbocycles. The first-order valence-electron chi connectivity index (χ1n) is 6.97. The van der Waals surface area contributed by atoms with Crippen LogP contribution in [-0.2, 0) is 10.7 Å². The zero-order valence-electron chi connectivity index (χ0n) is 12.6. The lowest BCUT2D eigenvalue weighted by Crippen LogP contribution is -2.15. The van der Waals surface area contributed by atoms with Crippen molar-refractivity contribution >= 4 is 27.5 Å². The van der Waals surface area contributed by atoms with Gasteiger partial charge in [0, 0.05) is 16.6 Å². The molecule has 2 aromatic rings. The molecule has 0 saturated carbocycles. The highest BCUT2D eigenvalue weighted by atomic mass is 79.9. The van der Waals surface area contributed by atoms with Crippen LogP contribution >= 0.6 is 15.9 Å². The van der Waals surface area contributed by atoms with E-state index in [4.69, 9.17) is 0 Å². The van der Waals surface area contributed by atoms with Crippen LogP contribution in [0.1, 0.15) is 42.3 Å². The van der Waals surface area contributed by atoms with Crippen LogP contribution < -0.4 is 5.32 Å². The van der Waals surface area contributed by atoms with Crippen molar-refractivity contribution in [2.24, 2.45) is 0 Å². The molecule has 0 saturated heterocycles. The quantitative estimate of drug-likeness (QED) is 0.767. The summed E-state index contributed by atoms with van der Waals surface area (Å²) in [6, 6.07) is 15.6. The van der Waals surface area contributed by atoms with E-state index in [9.17, 15) is 4.79 Å². The fraction of sp³-hybridized carbons (Fsp3) is 0.278. The molecular weight excluding hydrogens is 326 g/mol. The van der Waals surface area contributed by atoms with Gasteiger partial charge < -0.3 is 5.32 Å². The predicted molar refractivity (Wildman–Crippen MR) is 92.2 cm³/mol. The molecule has 0 fully saturated rings. The van der Waals surface area contributed by atoms with Crippen LogP contribution in [-0.4, -0.2) is 5.91 Å². The molecule has 0 aliphatic heterocycles. The summed E-state index contributed by atoms with van der Waals surface area (Å²) in [4.78, 5) is 12.3. The van der Waals surface area contributed by atoms with Gasteiger partial charge in [-0.15, -0.1) is 0 Å². The third kappa shape index (κ3) is 3.94. The Bertz CT molecular complexity index is 626. The van der Waals surface area contributed by atoms with Gasteiger partial charge in [-0.05, 0) is 34.7 Å². The van der Waals surface area contributed by atoms with E-state index in [2.05, 4.69) is 42.0 Å². The standard InChI is InChI=1S/C18H20BrNO/c1-18(2,3)15-10-8-13(9-11-15)17(21)20-16-7-5-4-6-14(16)12-19/h4-11H,12H2,1-3H3,(H,20,21). The average molecular weight is 346 g/mol. The summed E-state index contributed by atoms with van der Waals surface area (Å²) in [5.41, 5.74) is 3.90. The minimum atomic E-state index is -0.0798. The largest absolute Gasteiger partial charge is 0.322 e. The molecule has 3 heteroatoms. The minimum absolute atomic E-state index is 0.0798. The minimum Gasteiger partial charge on any atom is -0.322 e. The van der Waals surface area contributed by atoms with Crippen molar-refractivity contribution in [2.45, 2.75) is 31.5 Å². The monoisotopic (exact) mass is 345 g/mol. The maximum Gasteiger partial charge on any atom is 0.255 e. The molecule has 0 unspecified atom stereocenters. The highest BCUT2D eigenvalue weighted by Crippen LogP contribution is 2.23. The Hall–Kier alpha value is -1.61. The summed E-state index contributed by atoms with van der Waals surface area (Å²) in [5, 5.41) is 3.68. The number of carbonyl (C=O) groups excluding carboxylic acids is 1. The lowest BCUT2D eigenvalue weighted by molar-refractivity contribution is 0.102. The number of para-hydroxylation sites is 1. The molecule has 0 aromatic heterocycles. The zero-order valence-corrected chi connectivity index (χ0v) is 14.2. The Morgan fingerprint density at radius 3 is 2.24 bits per heavy atom. The fourth-order valence-electron chi connectivity index (χ4n) is 2.07. The van der Waals surface area contributed by atoms with Crippen LogP contribution in [0, 0.1) is 0 Å².